The van der Waals surface area contributed by atoms with Gasteiger partial charge in [0.2, 0.25) is 10.0 Å². The van der Waals surface area contributed by atoms with Gasteiger partial charge in [-0.1, -0.05) is 12.8 Å². The van der Waals surface area contributed by atoms with Gasteiger partial charge in [-0.3, -0.25) is 4.79 Å². The molecule has 2 atom stereocenters. The molecule has 0 aromatic carbocycles. The maximum atomic E-state index is 12.0. The molecule has 0 spiro atoms. The van der Waals surface area contributed by atoms with Crippen LogP contribution in [0.5, 0.6) is 0 Å². The molecule has 17 heavy (non-hydrogen) atoms. The van der Waals surface area contributed by atoms with Crippen LogP contribution in [0.3, 0.4) is 0 Å². The van der Waals surface area contributed by atoms with E-state index in [0.717, 1.165) is 25.7 Å². The molecule has 0 aromatic heterocycles. The Morgan fingerprint density at radius 1 is 1.12 bits per heavy atom. The van der Waals surface area contributed by atoms with Gasteiger partial charge in [0.25, 0.3) is 0 Å². The fourth-order valence-electron chi connectivity index (χ4n) is 2.84. The highest BCUT2D eigenvalue weighted by molar-refractivity contribution is 7.90. The lowest BCUT2D eigenvalue weighted by Gasteiger charge is -2.17. The van der Waals surface area contributed by atoms with E-state index in [1.54, 1.807) is 0 Å². The van der Waals surface area contributed by atoms with Crippen LogP contribution >= 0.6 is 0 Å². The molecule has 0 amide bonds. The largest absolute Gasteiger partial charge is 0.481 e. The van der Waals surface area contributed by atoms with Gasteiger partial charge in [0.15, 0.2) is 0 Å². The van der Waals surface area contributed by atoms with E-state index in [9.17, 15) is 13.2 Å². The average molecular weight is 261 g/mol. The van der Waals surface area contributed by atoms with Gasteiger partial charge < -0.3 is 5.11 Å². The number of rotatable bonds is 4. The Morgan fingerprint density at radius 3 is 2.29 bits per heavy atom. The molecule has 2 N–H and O–H groups in total. The van der Waals surface area contributed by atoms with E-state index >= 15 is 0 Å². The summed E-state index contributed by atoms with van der Waals surface area (Å²) in [5.74, 6) is -1.20. The Morgan fingerprint density at radius 2 is 1.76 bits per heavy atom. The lowest BCUT2D eigenvalue weighted by Crippen LogP contribution is -2.39. The summed E-state index contributed by atoms with van der Waals surface area (Å²) in [6, 6.07) is -0.179. The van der Waals surface area contributed by atoms with Gasteiger partial charge >= 0.3 is 5.97 Å². The number of hydrogen-bond donors (Lipinski definition) is 2. The van der Waals surface area contributed by atoms with Gasteiger partial charge in [-0.25, -0.2) is 13.1 Å². The second-order valence-corrected chi connectivity index (χ2v) is 7.11. The minimum Gasteiger partial charge on any atom is -0.481 e. The first-order valence-corrected chi connectivity index (χ1v) is 7.77. The van der Waals surface area contributed by atoms with Crippen LogP contribution in [-0.2, 0) is 14.8 Å². The van der Waals surface area contributed by atoms with Crippen molar-refractivity contribution in [2.45, 2.75) is 56.2 Å². The fourth-order valence-corrected chi connectivity index (χ4v) is 4.67. The predicted octanol–water partition coefficient (Wildman–Crippen LogP) is 1.10. The maximum absolute atomic E-state index is 12.0. The van der Waals surface area contributed by atoms with E-state index in [1.165, 1.54) is 0 Å². The molecule has 2 saturated carbocycles. The third kappa shape index (κ3) is 2.98. The second-order valence-electron chi connectivity index (χ2n) is 5.11. The van der Waals surface area contributed by atoms with E-state index in [2.05, 4.69) is 4.72 Å². The number of carboxylic acid groups (broad SMARTS) is 1. The quantitative estimate of drug-likeness (QED) is 0.794. The Kier molecular flexibility index (Phi) is 3.73. The monoisotopic (exact) mass is 261 g/mol. The minimum atomic E-state index is -3.24. The summed E-state index contributed by atoms with van der Waals surface area (Å²) < 4.78 is 26.7. The molecule has 98 valence electrons. The summed E-state index contributed by atoms with van der Waals surface area (Å²) in [7, 11) is -3.24. The molecule has 2 aliphatic rings. The first kappa shape index (κ1) is 12.8. The minimum absolute atomic E-state index is 0.179. The molecule has 2 rings (SSSR count). The molecule has 0 heterocycles. The third-order valence-electron chi connectivity index (χ3n) is 3.85. The highest BCUT2D eigenvalue weighted by Crippen LogP contribution is 2.29. The van der Waals surface area contributed by atoms with Crippen molar-refractivity contribution < 1.29 is 18.3 Å². The number of nitrogens with one attached hydrogen (secondary N) is 1. The summed E-state index contributed by atoms with van der Waals surface area (Å²) in [5, 5.41) is 8.61. The molecule has 0 bridgehead atoms. The number of sulfonamides is 1. The standard InChI is InChI=1S/C11H19NO4S/c13-11(14)8-5-6-9(7-8)12-17(15,16)10-3-1-2-4-10/h8-10,12H,1-7H2,(H,13,14). The van der Waals surface area contributed by atoms with Crippen LogP contribution in [0.4, 0.5) is 0 Å². The Hall–Kier alpha value is -0.620. The van der Waals surface area contributed by atoms with E-state index in [-0.39, 0.29) is 17.2 Å². The van der Waals surface area contributed by atoms with Crippen LogP contribution in [0.25, 0.3) is 0 Å². The first-order chi connectivity index (χ1) is 7.99. The lowest BCUT2D eigenvalue weighted by molar-refractivity contribution is -0.141. The Balaban J connectivity index is 1.91. The van der Waals surface area contributed by atoms with Gasteiger partial charge in [0.1, 0.15) is 0 Å². The van der Waals surface area contributed by atoms with E-state index < -0.39 is 16.0 Å². The van der Waals surface area contributed by atoms with Crippen molar-refractivity contribution in [3.8, 4) is 0 Å². The van der Waals surface area contributed by atoms with E-state index in [0.29, 0.717) is 19.3 Å². The van der Waals surface area contributed by atoms with Crippen LogP contribution in [0.1, 0.15) is 44.9 Å². The van der Waals surface area contributed by atoms with E-state index in [4.69, 9.17) is 5.11 Å². The van der Waals surface area contributed by atoms with Gasteiger partial charge in [0, 0.05) is 6.04 Å². The van der Waals surface area contributed by atoms with Crippen molar-refractivity contribution in [1.29, 1.82) is 0 Å². The van der Waals surface area contributed by atoms with Crippen molar-refractivity contribution in [3.63, 3.8) is 0 Å². The fraction of sp³-hybridized carbons (Fsp3) is 0.909. The molecule has 0 aliphatic heterocycles. The smallest absolute Gasteiger partial charge is 0.306 e. The van der Waals surface area contributed by atoms with Crippen molar-refractivity contribution in [2.24, 2.45) is 5.92 Å². The molecule has 2 fully saturated rings. The molecule has 6 heteroatoms. The first-order valence-electron chi connectivity index (χ1n) is 6.23. The molecule has 2 unspecified atom stereocenters. The van der Waals surface area contributed by atoms with Crippen LogP contribution < -0.4 is 4.72 Å². The molecule has 2 aliphatic carbocycles. The SMILES string of the molecule is O=C(O)C1CCC(NS(=O)(=O)C2CCCC2)C1. The Labute approximate surface area is 102 Å². The lowest BCUT2D eigenvalue weighted by atomic mass is 10.1. The van der Waals surface area contributed by atoms with Crippen LogP contribution in [0.15, 0.2) is 0 Å². The second kappa shape index (κ2) is 4.94. The molecular weight excluding hydrogens is 242 g/mol. The molecule has 0 radical (unpaired) electrons. The summed E-state index contributed by atoms with van der Waals surface area (Å²) in [5.41, 5.74) is 0. The highest BCUT2D eigenvalue weighted by Gasteiger charge is 2.35. The molecular formula is C11H19NO4S. The third-order valence-corrected chi connectivity index (χ3v) is 5.86. The normalized spacial score (nSPS) is 30.8. The van der Waals surface area contributed by atoms with Crippen LogP contribution in [0.2, 0.25) is 0 Å². The van der Waals surface area contributed by atoms with Crippen molar-refractivity contribution in [1.82, 2.24) is 4.72 Å². The zero-order valence-corrected chi connectivity index (χ0v) is 10.6. The van der Waals surface area contributed by atoms with E-state index in [1.807, 2.05) is 0 Å². The van der Waals surface area contributed by atoms with Crippen molar-refractivity contribution >= 4 is 16.0 Å². The van der Waals surface area contributed by atoms with Gasteiger partial charge in [-0.05, 0) is 32.1 Å². The number of carboxylic acids is 1. The zero-order valence-electron chi connectivity index (χ0n) is 9.76. The number of hydrogen-bond acceptors (Lipinski definition) is 3. The summed E-state index contributed by atoms with van der Waals surface area (Å²) in [4.78, 5) is 10.8. The van der Waals surface area contributed by atoms with Crippen molar-refractivity contribution in [2.75, 3.05) is 0 Å². The zero-order chi connectivity index (χ0) is 12.5. The number of carbonyl (C=O) groups is 1. The van der Waals surface area contributed by atoms with Crippen LogP contribution in [0, 0.1) is 5.92 Å². The van der Waals surface area contributed by atoms with Crippen LogP contribution in [-0.4, -0.2) is 30.8 Å². The average Bonchev–Trinajstić information content (AvgIpc) is 2.85. The highest BCUT2D eigenvalue weighted by atomic mass is 32.2. The molecule has 5 nitrogen and oxygen atoms in total. The number of aliphatic carboxylic acids is 1. The van der Waals surface area contributed by atoms with Crippen molar-refractivity contribution in [3.05, 3.63) is 0 Å². The summed E-state index contributed by atoms with van der Waals surface area (Å²) >= 11 is 0. The predicted molar refractivity (Wildman–Crippen MR) is 63.1 cm³/mol. The summed E-state index contributed by atoms with van der Waals surface area (Å²) in [6.45, 7) is 0. The molecule has 0 aromatic rings. The van der Waals surface area contributed by atoms with Gasteiger partial charge in [-0.15, -0.1) is 0 Å². The Bertz CT molecular complexity index is 386. The topological polar surface area (TPSA) is 83.5 Å². The van der Waals surface area contributed by atoms with Gasteiger partial charge in [0.05, 0.1) is 11.2 Å². The summed E-state index contributed by atoms with van der Waals surface area (Å²) in [6.07, 6.45) is 5.09. The van der Waals surface area contributed by atoms with Gasteiger partial charge in [-0.2, -0.15) is 0 Å². The molecule has 0 saturated heterocycles. The maximum Gasteiger partial charge on any atom is 0.306 e.